The summed E-state index contributed by atoms with van der Waals surface area (Å²) in [6.07, 6.45) is 0. The Kier molecular flexibility index (Phi) is 5.69. The Balaban J connectivity index is 1.64. The maximum atomic E-state index is 12.5. The smallest absolute Gasteiger partial charge is 0.255 e. The van der Waals surface area contributed by atoms with Crippen molar-refractivity contribution < 1.29 is 9.53 Å². The Morgan fingerprint density at radius 3 is 2.23 bits per heavy atom. The second-order valence-electron chi connectivity index (χ2n) is 6.49. The quantitative estimate of drug-likeness (QED) is 0.628. The van der Waals surface area contributed by atoms with E-state index in [2.05, 4.69) is 19.2 Å². The van der Waals surface area contributed by atoms with Crippen molar-refractivity contribution in [3.8, 4) is 5.75 Å². The summed E-state index contributed by atoms with van der Waals surface area (Å²) in [5.41, 5.74) is 3.65. The SMILES string of the molecule is CC(C)c1ccccc1NC(=O)c1ccc(COc2ccccc2)cc1. The molecule has 0 atom stereocenters. The van der Waals surface area contributed by atoms with E-state index in [0.29, 0.717) is 18.1 Å². The largest absolute Gasteiger partial charge is 0.489 e. The molecule has 0 saturated heterocycles. The normalized spacial score (nSPS) is 10.6. The number of anilines is 1. The molecule has 0 heterocycles. The second kappa shape index (κ2) is 8.34. The number of hydrogen-bond donors (Lipinski definition) is 1. The Morgan fingerprint density at radius 1 is 0.885 bits per heavy atom. The minimum Gasteiger partial charge on any atom is -0.489 e. The maximum Gasteiger partial charge on any atom is 0.255 e. The van der Waals surface area contributed by atoms with Crippen LogP contribution in [-0.4, -0.2) is 5.91 Å². The highest BCUT2D eigenvalue weighted by atomic mass is 16.5. The van der Waals surface area contributed by atoms with Crippen LogP contribution in [0.25, 0.3) is 0 Å². The van der Waals surface area contributed by atoms with Gasteiger partial charge in [-0.3, -0.25) is 4.79 Å². The highest BCUT2D eigenvalue weighted by molar-refractivity contribution is 6.04. The van der Waals surface area contributed by atoms with Crippen LogP contribution in [-0.2, 0) is 6.61 Å². The molecule has 1 amide bonds. The Morgan fingerprint density at radius 2 is 1.54 bits per heavy atom. The van der Waals surface area contributed by atoms with E-state index in [0.717, 1.165) is 22.6 Å². The summed E-state index contributed by atoms with van der Waals surface area (Å²) in [6.45, 7) is 4.71. The lowest BCUT2D eigenvalue weighted by molar-refractivity contribution is 0.102. The molecule has 3 aromatic carbocycles. The lowest BCUT2D eigenvalue weighted by atomic mass is 10.0. The first kappa shape index (κ1) is 17.7. The van der Waals surface area contributed by atoms with Gasteiger partial charge in [0.25, 0.3) is 5.91 Å². The molecular formula is C23H23NO2. The van der Waals surface area contributed by atoms with Crippen LogP contribution in [0.15, 0.2) is 78.9 Å². The van der Waals surface area contributed by atoms with Crippen LogP contribution in [0.5, 0.6) is 5.75 Å². The number of carbonyl (C=O) groups excluding carboxylic acids is 1. The molecule has 3 heteroatoms. The topological polar surface area (TPSA) is 38.3 Å². The summed E-state index contributed by atoms with van der Waals surface area (Å²) < 4.78 is 5.73. The van der Waals surface area contributed by atoms with Crippen molar-refractivity contribution in [2.24, 2.45) is 0 Å². The average molecular weight is 345 g/mol. The molecule has 0 aliphatic rings. The van der Waals surface area contributed by atoms with E-state index >= 15 is 0 Å². The summed E-state index contributed by atoms with van der Waals surface area (Å²) in [4.78, 5) is 12.5. The van der Waals surface area contributed by atoms with Gasteiger partial charge in [0.1, 0.15) is 12.4 Å². The van der Waals surface area contributed by atoms with E-state index in [1.165, 1.54) is 0 Å². The van der Waals surface area contributed by atoms with Gasteiger partial charge in [-0.15, -0.1) is 0 Å². The van der Waals surface area contributed by atoms with Gasteiger partial charge in [-0.25, -0.2) is 0 Å². The van der Waals surface area contributed by atoms with E-state index in [1.54, 1.807) is 0 Å². The number of carbonyl (C=O) groups is 1. The lowest BCUT2D eigenvalue weighted by Crippen LogP contribution is -2.13. The van der Waals surface area contributed by atoms with Crippen LogP contribution in [0.3, 0.4) is 0 Å². The first-order chi connectivity index (χ1) is 12.6. The van der Waals surface area contributed by atoms with E-state index < -0.39 is 0 Å². The van der Waals surface area contributed by atoms with E-state index in [9.17, 15) is 4.79 Å². The van der Waals surface area contributed by atoms with E-state index in [1.807, 2.05) is 78.9 Å². The molecule has 0 radical (unpaired) electrons. The fourth-order valence-electron chi connectivity index (χ4n) is 2.74. The minimum atomic E-state index is -0.103. The molecule has 3 nitrogen and oxygen atoms in total. The molecule has 3 rings (SSSR count). The van der Waals surface area contributed by atoms with Crippen molar-refractivity contribution in [2.75, 3.05) is 5.32 Å². The third-order valence-corrected chi connectivity index (χ3v) is 4.20. The van der Waals surface area contributed by atoms with Crippen LogP contribution in [0.2, 0.25) is 0 Å². The van der Waals surface area contributed by atoms with Crippen LogP contribution < -0.4 is 10.1 Å². The van der Waals surface area contributed by atoms with Gasteiger partial charge in [-0.1, -0.05) is 62.4 Å². The number of benzene rings is 3. The highest BCUT2D eigenvalue weighted by Gasteiger charge is 2.11. The van der Waals surface area contributed by atoms with Crippen molar-refractivity contribution >= 4 is 11.6 Å². The van der Waals surface area contributed by atoms with Crippen molar-refractivity contribution in [1.29, 1.82) is 0 Å². The van der Waals surface area contributed by atoms with Crippen LogP contribution in [0, 0.1) is 0 Å². The van der Waals surface area contributed by atoms with Gasteiger partial charge < -0.3 is 10.1 Å². The highest BCUT2D eigenvalue weighted by Crippen LogP contribution is 2.24. The lowest BCUT2D eigenvalue weighted by Gasteiger charge is -2.14. The number of hydrogen-bond acceptors (Lipinski definition) is 2. The summed E-state index contributed by atoms with van der Waals surface area (Å²) in [5.74, 6) is 1.08. The van der Waals surface area contributed by atoms with Crippen molar-refractivity contribution in [3.05, 3.63) is 95.6 Å². The third kappa shape index (κ3) is 4.51. The minimum absolute atomic E-state index is 0.103. The van der Waals surface area contributed by atoms with Gasteiger partial charge in [0.15, 0.2) is 0 Å². The number of amides is 1. The van der Waals surface area contributed by atoms with Gasteiger partial charge in [-0.2, -0.15) is 0 Å². The maximum absolute atomic E-state index is 12.5. The molecule has 0 aliphatic carbocycles. The number of nitrogens with one attached hydrogen (secondary N) is 1. The molecule has 0 fully saturated rings. The van der Waals surface area contributed by atoms with E-state index in [-0.39, 0.29) is 5.91 Å². The first-order valence-electron chi connectivity index (χ1n) is 8.80. The Bertz CT molecular complexity index is 855. The molecular weight excluding hydrogens is 322 g/mol. The molecule has 0 bridgehead atoms. The molecule has 1 N–H and O–H groups in total. The monoisotopic (exact) mass is 345 g/mol. The van der Waals surface area contributed by atoms with E-state index in [4.69, 9.17) is 4.74 Å². The van der Waals surface area contributed by atoms with Crippen molar-refractivity contribution in [2.45, 2.75) is 26.4 Å². The molecule has 26 heavy (non-hydrogen) atoms. The standard InChI is InChI=1S/C23H23NO2/c1-17(2)21-10-6-7-11-22(21)24-23(25)19-14-12-18(13-15-19)16-26-20-8-4-3-5-9-20/h3-15,17H,16H2,1-2H3,(H,24,25). The van der Waals surface area contributed by atoms with Crippen molar-refractivity contribution in [1.82, 2.24) is 0 Å². The van der Waals surface area contributed by atoms with Gasteiger partial charge in [0.2, 0.25) is 0 Å². The Labute approximate surface area is 154 Å². The number of rotatable bonds is 6. The van der Waals surface area contributed by atoms with Crippen LogP contribution in [0.1, 0.15) is 41.3 Å². The van der Waals surface area contributed by atoms with Gasteiger partial charge >= 0.3 is 0 Å². The Hall–Kier alpha value is -3.07. The molecule has 0 aromatic heterocycles. The summed E-state index contributed by atoms with van der Waals surface area (Å²) in [7, 11) is 0. The van der Waals surface area contributed by atoms with Gasteiger partial charge in [-0.05, 0) is 47.4 Å². The molecule has 3 aromatic rings. The number of para-hydroxylation sites is 2. The summed E-state index contributed by atoms with van der Waals surface area (Å²) in [5, 5.41) is 3.02. The fraction of sp³-hybridized carbons (Fsp3) is 0.174. The predicted octanol–water partition coefficient (Wildman–Crippen LogP) is 5.64. The zero-order valence-electron chi connectivity index (χ0n) is 15.1. The van der Waals surface area contributed by atoms with Crippen LogP contribution >= 0.6 is 0 Å². The summed E-state index contributed by atoms with van der Waals surface area (Å²) in [6, 6.07) is 25.1. The van der Waals surface area contributed by atoms with Gasteiger partial charge in [0.05, 0.1) is 0 Å². The molecule has 0 unspecified atom stereocenters. The molecule has 0 saturated carbocycles. The second-order valence-corrected chi connectivity index (χ2v) is 6.49. The first-order valence-corrected chi connectivity index (χ1v) is 8.80. The van der Waals surface area contributed by atoms with Gasteiger partial charge in [0, 0.05) is 11.3 Å². The van der Waals surface area contributed by atoms with Crippen molar-refractivity contribution in [3.63, 3.8) is 0 Å². The summed E-state index contributed by atoms with van der Waals surface area (Å²) >= 11 is 0. The fourth-order valence-corrected chi connectivity index (χ4v) is 2.74. The zero-order valence-corrected chi connectivity index (χ0v) is 15.1. The molecule has 0 aliphatic heterocycles. The number of ether oxygens (including phenoxy) is 1. The molecule has 0 spiro atoms. The zero-order chi connectivity index (χ0) is 18.4. The average Bonchev–Trinajstić information content (AvgIpc) is 2.68. The third-order valence-electron chi connectivity index (χ3n) is 4.20. The van der Waals surface area contributed by atoms with Crippen LogP contribution in [0.4, 0.5) is 5.69 Å². The molecule has 132 valence electrons. The predicted molar refractivity (Wildman–Crippen MR) is 106 cm³/mol.